The van der Waals surface area contributed by atoms with Crippen molar-refractivity contribution in [2.24, 2.45) is 5.92 Å². The number of nitrogens with zero attached hydrogens (tertiary/aromatic N) is 3. The van der Waals surface area contributed by atoms with Crippen LogP contribution in [-0.2, 0) is 4.74 Å². The average molecular weight is 449 g/mol. The Hall–Kier alpha value is -1.70. The van der Waals surface area contributed by atoms with Crippen LogP contribution in [0, 0.1) is 12.8 Å². The number of hydrogen-bond donors (Lipinski definition) is 1. The molecule has 28 heavy (non-hydrogen) atoms. The van der Waals surface area contributed by atoms with Gasteiger partial charge in [0.1, 0.15) is 0 Å². The Kier molecular flexibility index (Phi) is 7.26. The summed E-state index contributed by atoms with van der Waals surface area (Å²) in [6.45, 7) is 10.4. The standard InChI is InChI=1S/C21H29BrN4O2/c1-15(2)12-19(25-8-10-28-11-9-25)13-23-21(27)20-14-24-26(16(20)3)18-6-4-17(22)5-7-18/h4-7,14-15,19H,8-13H2,1-3H3,(H,23,27). The number of aromatic nitrogens is 2. The van der Waals surface area contributed by atoms with Gasteiger partial charge in [-0.05, 0) is 43.5 Å². The zero-order valence-corrected chi connectivity index (χ0v) is 18.4. The third-order valence-corrected chi connectivity index (χ3v) is 5.66. The van der Waals surface area contributed by atoms with Gasteiger partial charge < -0.3 is 10.1 Å². The predicted octanol–water partition coefficient (Wildman–Crippen LogP) is 3.42. The SMILES string of the molecule is Cc1c(C(=O)NCC(CC(C)C)N2CCOCC2)cnn1-c1ccc(Br)cc1. The number of rotatable bonds is 7. The molecule has 152 valence electrons. The van der Waals surface area contributed by atoms with Gasteiger partial charge in [-0.25, -0.2) is 4.68 Å². The lowest BCUT2D eigenvalue weighted by atomic mass is 10.0. The summed E-state index contributed by atoms with van der Waals surface area (Å²) in [6, 6.07) is 8.21. The van der Waals surface area contributed by atoms with E-state index < -0.39 is 0 Å². The first-order valence-electron chi connectivity index (χ1n) is 9.86. The molecule has 1 unspecified atom stereocenters. The number of halogens is 1. The van der Waals surface area contributed by atoms with E-state index in [-0.39, 0.29) is 5.91 Å². The minimum Gasteiger partial charge on any atom is -0.379 e. The predicted molar refractivity (Wildman–Crippen MR) is 114 cm³/mol. The first-order valence-corrected chi connectivity index (χ1v) is 10.7. The van der Waals surface area contributed by atoms with Gasteiger partial charge in [0.2, 0.25) is 0 Å². The van der Waals surface area contributed by atoms with E-state index in [4.69, 9.17) is 4.74 Å². The van der Waals surface area contributed by atoms with Crippen LogP contribution in [-0.4, -0.2) is 59.5 Å². The lowest BCUT2D eigenvalue weighted by molar-refractivity contribution is 0.0124. The molecule has 1 aliphatic heterocycles. The van der Waals surface area contributed by atoms with E-state index in [1.165, 1.54) is 0 Å². The summed E-state index contributed by atoms with van der Waals surface area (Å²) in [5, 5.41) is 7.55. The monoisotopic (exact) mass is 448 g/mol. The van der Waals surface area contributed by atoms with Crippen LogP contribution in [0.25, 0.3) is 5.69 Å². The number of carbonyl (C=O) groups is 1. The highest BCUT2D eigenvalue weighted by Gasteiger charge is 2.23. The van der Waals surface area contributed by atoms with Crippen LogP contribution in [0.2, 0.25) is 0 Å². The Morgan fingerprint density at radius 1 is 1.25 bits per heavy atom. The normalized spacial score (nSPS) is 16.3. The molecule has 1 atom stereocenters. The van der Waals surface area contributed by atoms with E-state index >= 15 is 0 Å². The van der Waals surface area contributed by atoms with Crippen molar-refractivity contribution in [2.45, 2.75) is 33.2 Å². The molecule has 7 heteroatoms. The van der Waals surface area contributed by atoms with Crippen LogP contribution >= 0.6 is 15.9 Å². The first kappa shape index (κ1) is 21.0. The summed E-state index contributed by atoms with van der Waals surface area (Å²) in [5.74, 6) is 0.509. The second-order valence-corrected chi connectivity index (χ2v) is 8.59. The molecule has 1 fully saturated rings. The van der Waals surface area contributed by atoms with Crippen molar-refractivity contribution < 1.29 is 9.53 Å². The zero-order valence-electron chi connectivity index (χ0n) is 16.8. The summed E-state index contributed by atoms with van der Waals surface area (Å²) >= 11 is 3.44. The van der Waals surface area contributed by atoms with E-state index in [0.29, 0.717) is 24.1 Å². The molecule has 1 N–H and O–H groups in total. The van der Waals surface area contributed by atoms with Crippen LogP contribution in [0.4, 0.5) is 0 Å². The smallest absolute Gasteiger partial charge is 0.254 e. The Morgan fingerprint density at radius 3 is 2.57 bits per heavy atom. The number of morpholine rings is 1. The number of carbonyl (C=O) groups excluding carboxylic acids is 1. The van der Waals surface area contributed by atoms with E-state index in [1.54, 1.807) is 10.9 Å². The molecule has 6 nitrogen and oxygen atoms in total. The van der Waals surface area contributed by atoms with Crippen LogP contribution in [0.1, 0.15) is 36.3 Å². The first-order chi connectivity index (χ1) is 13.5. The van der Waals surface area contributed by atoms with Gasteiger partial charge in [-0.1, -0.05) is 29.8 Å². The van der Waals surface area contributed by atoms with Crippen LogP contribution in [0.3, 0.4) is 0 Å². The minimum absolute atomic E-state index is 0.0668. The van der Waals surface area contributed by atoms with Gasteiger partial charge in [-0.15, -0.1) is 0 Å². The van der Waals surface area contributed by atoms with E-state index in [9.17, 15) is 4.79 Å². The highest BCUT2D eigenvalue weighted by molar-refractivity contribution is 9.10. The number of benzene rings is 1. The fourth-order valence-electron chi connectivity index (χ4n) is 3.63. The molecule has 1 saturated heterocycles. The summed E-state index contributed by atoms with van der Waals surface area (Å²) in [7, 11) is 0. The average Bonchev–Trinajstić information content (AvgIpc) is 3.07. The molecule has 0 radical (unpaired) electrons. The number of hydrogen-bond acceptors (Lipinski definition) is 4. The van der Waals surface area contributed by atoms with E-state index in [2.05, 4.69) is 45.1 Å². The van der Waals surface area contributed by atoms with Gasteiger partial charge in [0.15, 0.2) is 0 Å². The Morgan fingerprint density at radius 2 is 1.93 bits per heavy atom. The number of nitrogens with one attached hydrogen (secondary N) is 1. The maximum absolute atomic E-state index is 12.8. The van der Waals surface area contributed by atoms with E-state index in [0.717, 1.165) is 48.6 Å². The molecule has 0 spiro atoms. The molecule has 0 saturated carbocycles. The van der Waals surface area contributed by atoms with Crippen LogP contribution < -0.4 is 5.32 Å². The number of amides is 1. The van der Waals surface area contributed by atoms with Crippen molar-refractivity contribution >= 4 is 21.8 Å². The maximum Gasteiger partial charge on any atom is 0.254 e. The van der Waals surface area contributed by atoms with Gasteiger partial charge in [0, 0.05) is 30.1 Å². The summed E-state index contributed by atoms with van der Waals surface area (Å²) in [4.78, 5) is 15.3. The lowest BCUT2D eigenvalue weighted by Crippen LogP contribution is -2.49. The van der Waals surface area contributed by atoms with Crippen molar-refractivity contribution in [1.82, 2.24) is 20.0 Å². The quantitative estimate of drug-likeness (QED) is 0.704. The van der Waals surface area contributed by atoms with E-state index in [1.807, 2.05) is 31.2 Å². The van der Waals surface area contributed by atoms with Crippen molar-refractivity contribution in [3.63, 3.8) is 0 Å². The Bertz CT molecular complexity index is 782. The van der Waals surface area contributed by atoms with Gasteiger partial charge in [0.25, 0.3) is 5.91 Å². The summed E-state index contributed by atoms with van der Waals surface area (Å²) in [5.41, 5.74) is 2.39. The van der Waals surface area contributed by atoms with Crippen LogP contribution in [0.5, 0.6) is 0 Å². The highest BCUT2D eigenvalue weighted by Crippen LogP contribution is 2.18. The molecule has 3 rings (SSSR count). The van der Waals surface area contributed by atoms with Gasteiger partial charge in [0.05, 0.1) is 36.4 Å². The van der Waals surface area contributed by atoms with Gasteiger partial charge in [-0.3, -0.25) is 9.69 Å². The molecule has 2 heterocycles. The third kappa shape index (κ3) is 5.21. The molecule has 1 amide bonds. The molecular weight excluding hydrogens is 420 g/mol. The van der Waals surface area contributed by atoms with Crippen molar-refractivity contribution in [1.29, 1.82) is 0 Å². The van der Waals surface area contributed by atoms with Crippen molar-refractivity contribution in [3.05, 3.63) is 46.2 Å². The summed E-state index contributed by atoms with van der Waals surface area (Å²) < 4.78 is 8.29. The molecular formula is C21H29BrN4O2. The van der Waals surface area contributed by atoms with Gasteiger partial charge >= 0.3 is 0 Å². The number of ether oxygens (including phenoxy) is 1. The molecule has 1 aromatic carbocycles. The van der Waals surface area contributed by atoms with Crippen molar-refractivity contribution in [3.8, 4) is 5.69 Å². The molecule has 2 aromatic rings. The van der Waals surface area contributed by atoms with Crippen molar-refractivity contribution in [2.75, 3.05) is 32.8 Å². The molecule has 1 aromatic heterocycles. The summed E-state index contributed by atoms with van der Waals surface area (Å²) in [6.07, 6.45) is 2.70. The van der Waals surface area contributed by atoms with Crippen LogP contribution in [0.15, 0.2) is 34.9 Å². The maximum atomic E-state index is 12.8. The fraction of sp³-hybridized carbons (Fsp3) is 0.524. The molecule has 1 aliphatic rings. The second-order valence-electron chi connectivity index (χ2n) is 7.67. The Balaban J connectivity index is 1.67. The topological polar surface area (TPSA) is 59.4 Å². The largest absolute Gasteiger partial charge is 0.379 e. The zero-order chi connectivity index (χ0) is 20.1. The fourth-order valence-corrected chi connectivity index (χ4v) is 3.89. The molecule has 0 bridgehead atoms. The molecule has 0 aliphatic carbocycles. The van der Waals surface area contributed by atoms with Gasteiger partial charge in [-0.2, -0.15) is 5.10 Å². The lowest BCUT2D eigenvalue weighted by Gasteiger charge is -2.35. The minimum atomic E-state index is -0.0668. The highest BCUT2D eigenvalue weighted by atomic mass is 79.9. The second kappa shape index (κ2) is 9.67. The Labute approximate surface area is 175 Å². The third-order valence-electron chi connectivity index (χ3n) is 5.13.